The Kier molecular flexibility index (Phi) is 4.82. The maximum atomic E-state index is 10.0. The van der Waals surface area contributed by atoms with Crippen molar-refractivity contribution < 1.29 is 14.6 Å². The van der Waals surface area contributed by atoms with E-state index in [-0.39, 0.29) is 24.2 Å². The van der Waals surface area contributed by atoms with Crippen LogP contribution in [0.3, 0.4) is 0 Å². The van der Waals surface area contributed by atoms with Gasteiger partial charge in [-0.1, -0.05) is 23.7 Å². The number of aromatic amines is 1. The van der Waals surface area contributed by atoms with Gasteiger partial charge in [0.05, 0.1) is 40.6 Å². The number of H-pyrrole nitrogens is 1. The van der Waals surface area contributed by atoms with Crippen LogP contribution in [0.1, 0.15) is 25.7 Å². The van der Waals surface area contributed by atoms with E-state index in [1.54, 1.807) is 0 Å². The Morgan fingerprint density at radius 2 is 1.94 bits per heavy atom. The van der Waals surface area contributed by atoms with Crippen molar-refractivity contribution in [2.24, 2.45) is 5.92 Å². The topological polar surface area (TPSA) is 70.6 Å². The largest absolute Gasteiger partial charge is 0.473 e. The van der Waals surface area contributed by atoms with Crippen molar-refractivity contribution in [2.45, 2.75) is 44.0 Å². The van der Waals surface area contributed by atoms with E-state index in [1.165, 1.54) is 18.5 Å². The van der Waals surface area contributed by atoms with Crippen LogP contribution in [0, 0.1) is 5.92 Å². The van der Waals surface area contributed by atoms with Crippen molar-refractivity contribution in [1.82, 2.24) is 9.97 Å². The zero-order valence-corrected chi connectivity index (χ0v) is 18.0. The smallest absolute Gasteiger partial charge is 0.193 e. The number of fused-ring (bicyclic) bond motifs is 2. The van der Waals surface area contributed by atoms with Crippen LogP contribution in [0.25, 0.3) is 22.3 Å². The van der Waals surface area contributed by atoms with Gasteiger partial charge < -0.3 is 24.5 Å². The predicted octanol–water partition coefficient (Wildman–Crippen LogP) is 4.40. The minimum Gasteiger partial charge on any atom is -0.473 e. The Morgan fingerprint density at radius 3 is 2.74 bits per heavy atom. The third kappa shape index (κ3) is 3.47. The third-order valence-electron chi connectivity index (χ3n) is 6.95. The van der Waals surface area contributed by atoms with Crippen molar-refractivity contribution in [2.75, 3.05) is 24.6 Å². The van der Waals surface area contributed by atoms with E-state index in [0.717, 1.165) is 48.2 Å². The summed E-state index contributed by atoms with van der Waals surface area (Å²) in [4.78, 5) is 10.5. The number of hydrogen-bond acceptors (Lipinski definition) is 5. The Labute approximate surface area is 186 Å². The van der Waals surface area contributed by atoms with E-state index in [4.69, 9.17) is 26.1 Å². The number of aliphatic hydroxyl groups is 1. The quantitative estimate of drug-likeness (QED) is 0.630. The van der Waals surface area contributed by atoms with Gasteiger partial charge in [-0.15, -0.1) is 0 Å². The van der Waals surface area contributed by atoms with Crippen LogP contribution in [0.5, 0.6) is 5.88 Å². The Morgan fingerprint density at radius 1 is 1.13 bits per heavy atom. The molecule has 0 spiro atoms. The van der Waals surface area contributed by atoms with E-state index in [1.807, 2.05) is 12.1 Å². The molecule has 4 atom stereocenters. The number of halogens is 1. The average Bonchev–Trinajstić information content (AvgIpc) is 3.55. The number of nitrogens with zero attached hydrogens (tertiary/aromatic N) is 2. The number of ether oxygens (including phenoxy) is 2. The normalized spacial score (nSPS) is 27.9. The molecule has 0 radical (unpaired) electrons. The van der Waals surface area contributed by atoms with Gasteiger partial charge >= 0.3 is 0 Å². The molecule has 4 heterocycles. The summed E-state index contributed by atoms with van der Waals surface area (Å²) >= 11 is 6.59. The highest BCUT2D eigenvalue weighted by atomic mass is 35.5. The second-order valence-electron chi connectivity index (χ2n) is 8.89. The molecule has 1 unspecified atom stereocenters. The molecule has 6 rings (SSSR count). The molecule has 3 fully saturated rings. The van der Waals surface area contributed by atoms with E-state index in [2.05, 4.69) is 34.1 Å². The molecule has 7 heteroatoms. The first-order valence-electron chi connectivity index (χ1n) is 11.2. The van der Waals surface area contributed by atoms with Gasteiger partial charge in [0.15, 0.2) is 5.88 Å². The molecule has 2 N–H and O–H groups in total. The predicted molar refractivity (Wildman–Crippen MR) is 121 cm³/mol. The molecule has 2 aromatic heterocycles. The number of aliphatic hydroxyl groups excluding tert-OH is 1. The molecule has 2 saturated heterocycles. The van der Waals surface area contributed by atoms with Crippen LogP contribution in [-0.2, 0) is 4.74 Å². The summed E-state index contributed by atoms with van der Waals surface area (Å²) in [7, 11) is 0. The van der Waals surface area contributed by atoms with Gasteiger partial charge in [0.1, 0.15) is 6.10 Å². The molecule has 6 nitrogen and oxygen atoms in total. The van der Waals surface area contributed by atoms with Crippen molar-refractivity contribution in [3.05, 3.63) is 41.4 Å². The molecule has 0 amide bonds. The first-order valence-corrected chi connectivity index (χ1v) is 11.5. The summed E-state index contributed by atoms with van der Waals surface area (Å²) in [5.41, 5.74) is 4.70. The lowest BCUT2D eigenvalue weighted by molar-refractivity contribution is 0.0154. The van der Waals surface area contributed by atoms with Gasteiger partial charge in [-0.3, -0.25) is 0 Å². The summed E-state index contributed by atoms with van der Waals surface area (Å²) < 4.78 is 12.0. The van der Waals surface area contributed by atoms with Crippen LogP contribution in [0.2, 0.25) is 5.02 Å². The summed E-state index contributed by atoms with van der Waals surface area (Å²) in [6, 6.07) is 12.3. The molecule has 31 heavy (non-hydrogen) atoms. The molecule has 3 aromatic rings. The SMILES string of the molecule is O[C@@H]1CO[C@H]2C1CC[C@H]2Oc1cc2nc(-c3ccc(N4CCCC4)cc3)c(Cl)cc2[nH]1. The lowest BCUT2D eigenvalue weighted by atomic mass is 10.0. The highest BCUT2D eigenvalue weighted by Gasteiger charge is 2.47. The number of pyridine rings is 1. The molecule has 3 aliphatic rings. The zero-order chi connectivity index (χ0) is 20.9. The van der Waals surface area contributed by atoms with Gasteiger partial charge in [-0.05, 0) is 43.9 Å². The van der Waals surface area contributed by atoms with Crippen LogP contribution < -0.4 is 9.64 Å². The number of rotatable bonds is 4. The third-order valence-corrected chi connectivity index (χ3v) is 7.24. The Hall–Kier alpha value is -2.28. The highest BCUT2D eigenvalue weighted by Crippen LogP contribution is 2.39. The van der Waals surface area contributed by atoms with Crippen molar-refractivity contribution in [1.29, 1.82) is 0 Å². The summed E-state index contributed by atoms with van der Waals surface area (Å²) in [6.45, 7) is 2.66. The lowest BCUT2D eigenvalue weighted by Gasteiger charge is -2.18. The summed E-state index contributed by atoms with van der Waals surface area (Å²) in [5.74, 6) is 0.841. The van der Waals surface area contributed by atoms with Gasteiger partial charge in [0.25, 0.3) is 0 Å². The van der Waals surface area contributed by atoms with E-state index in [9.17, 15) is 5.11 Å². The molecule has 0 bridgehead atoms. The van der Waals surface area contributed by atoms with E-state index in [0.29, 0.717) is 17.5 Å². The van der Waals surface area contributed by atoms with Crippen molar-refractivity contribution in [3.8, 4) is 17.1 Å². The number of anilines is 1. The fraction of sp³-hybridized carbons (Fsp3) is 0.458. The van der Waals surface area contributed by atoms with Gasteiger partial charge in [0.2, 0.25) is 0 Å². The van der Waals surface area contributed by atoms with Crippen LogP contribution >= 0.6 is 11.6 Å². The Bertz CT molecular complexity index is 1090. The standard InChI is InChI=1S/C24H26ClN3O3/c25-17-11-18-19(12-22(26-18)31-21-8-7-16-20(29)13-30-24(16)21)27-23(17)14-3-5-15(6-4-14)28-9-1-2-10-28/h3-6,11-12,16,20-21,24,26,29H,1-2,7-10,13H2/t16?,20-,21-,24+/m1/s1. The van der Waals surface area contributed by atoms with Crippen LogP contribution in [0.15, 0.2) is 36.4 Å². The molecular weight excluding hydrogens is 414 g/mol. The van der Waals surface area contributed by atoms with Crippen molar-refractivity contribution >= 4 is 28.3 Å². The molecular formula is C24H26ClN3O3. The average molecular weight is 440 g/mol. The fourth-order valence-corrected chi connectivity index (χ4v) is 5.56. The highest BCUT2D eigenvalue weighted by molar-refractivity contribution is 6.33. The molecule has 1 aliphatic carbocycles. The maximum absolute atomic E-state index is 10.0. The van der Waals surface area contributed by atoms with E-state index < -0.39 is 0 Å². The van der Waals surface area contributed by atoms with Gasteiger partial charge in [0, 0.05) is 36.3 Å². The summed E-state index contributed by atoms with van der Waals surface area (Å²) in [5, 5.41) is 10.6. The van der Waals surface area contributed by atoms with Gasteiger partial charge in [-0.2, -0.15) is 0 Å². The first kappa shape index (κ1) is 19.4. The Balaban J connectivity index is 1.24. The van der Waals surface area contributed by atoms with Crippen molar-refractivity contribution in [3.63, 3.8) is 0 Å². The maximum Gasteiger partial charge on any atom is 0.193 e. The minimum atomic E-state index is -0.374. The van der Waals surface area contributed by atoms with Crippen LogP contribution in [0.4, 0.5) is 5.69 Å². The zero-order valence-electron chi connectivity index (χ0n) is 17.3. The second-order valence-corrected chi connectivity index (χ2v) is 9.30. The molecule has 162 valence electrons. The fourth-order valence-electron chi connectivity index (χ4n) is 5.30. The molecule has 1 saturated carbocycles. The number of aromatic nitrogens is 2. The number of hydrogen-bond donors (Lipinski definition) is 2. The molecule has 1 aromatic carbocycles. The lowest BCUT2D eigenvalue weighted by Crippen LogP contribution is -2.30. The van der Waals surface area contributed by atoms with Crippen LogP contribution in [-0.4, -0.2) is 53.1 Å². The second kappa shape index (κ2) is 7.69. The summed E-state index contributed by atoms with van der Waals surface area (Å²) in [6.07, 6.45) is 3.87. The molecule has 2 aliphatic heterocycles. The monoisotopic (exact) mass is 439 g/mol. The number of nitrogens with one attached hydrogen (secondary N) is 1. The first-order chi connectivity index (χ1) is 15.2. The number of benzene rings is 1. The van der Waals surface area contributed by atoms with Gasteiger partial charge in [-0.25, -0.2) is 4.98 Å². The van der Waals surface area contributed by atoms with E-state index >= 15 is 0 Å². The minimum absolute atomic E-state index is 0.0392.